The Balaban J connectivity index is 2.14. The fourth-order valence-corrected chi connectivity index (χ4v) is 2.93. The van der Waals surface area contributed by atoms with Gasteiger partial charge in [-0.25, -0.2) is 0 Å². The standard InChI is InChI=1S/C15H28N4O/c1-11(2)8-16-9-14-12(3)17-18(4)15(14)19-7-5-6-13(20)10-19/h11,13,16,20H,5-10H2,1-4H3. The molecule has 1 aromatic heterocycles. The number of aliphatic hydroxyl groups is 1. The molecule has 1 unspecified atom stereocenters. The lowest BCUT2D eigenvalue weighted by molar-refractivity contribution is 0.153. The van der Waals surface area contributed by atoms with E-state index in [1.54, 1.807) is 0 Å². The van der Waals surface area contributed by atoms with Gasteiger partial charge in [-0.15, -0.1) is 0 Å². The molecule has 0 amide bonds. The molecule has 0 saturated carbocycles. The molecule has 2 N–H and O–H groups in total. The van der Waals surface area contributed by atoms with Gasteiger partial charge in [-0.2, -0.15) is 5.10 Å². The molecular weight excluding hydrogens is 252 g/mol. The van der Waals surface area contributed by atoms with Crippen molar-refractivity contribution in [1.82, 2.24) is 15.1 Å². The predicted octanol–water partition coefficient (Wildman–Crippen LogP) is 1.44. The van der Waals surface area contributed by atoms with Crippen LogP contribution in [0, 0.1) is 12.8 Å². The molecule has 1 aliphatic heterocycles. The number of anilines is 1. The molecule has 0 aliphatic carbocycles. The van der Waals surface area contributed by atoms with Gasteiger partial charge in [0.1, 0.15) is 5.82 Å². The number of aliphatic hydroxyl groups excluding tert-OH is 1. The van der Waals surface area contributed by atoms with E-state index in [0.717, 1.165) is 50.5 Å². The summed E-state index contributed by atoms with van der Waals surface area (Å²) >= 11 is 0. The van der Waals surface area contributed by atoms with Gasteiger partial charge in [-0.05, 0) is 32.2 Å². The van der Waals surface area contributed by atoms with Crippen LogP contribution in [0.5, 0.6) is 0 Å². The second-order valence-electron chi connectivity index (χ2n) is 6.28. The Morgan fingerprint density at radius 1 is 1.45 bits per heavy atom. The molecule has 1 fully saturated rings. The Hall–Kier alpha value is -1.07. The Kier molecular flexibility index (Phi) is 5.05. The molecular formula is C15H28N4O. The van der Waals surface area contributed by atoms with Crippen molar-refractivity contribution in [3.8, 4) is 0 Å². The van der Waals surface area contributed by atoms with Crippen LogP contribution in [0.4, 0.5) is 5.82 Å². The summed E-state index contributed by atoms with van der Waals surface area (Å²) in [6, 6.07) is 0. The van der Waals surface area contributed by atoms with E-state index in [1.165, 1.54) is 5.56 Å². The maximum atomic E-state index is 9.89. The molecule has 0 spiro atoms. The zero-order valence-electron chi connectivity index (χ0n) is 13.2. The second kappa shape index (κ2) is 6.59. The summed E-state index contributed by atoms with van der Waals surface area (Å²) in [4.78, 5) is 2.28. The summed E-state index contributed by atoms with van der Waals surface area (Å²) in [7, 11) is 2.00. The highest BCUT2D eigenvalue weighted by Crippen LogP contribution is 2.26. The van der Waals surface area contributed by atoms with E-state index < -0.39 is 0 Å². The van der Waals surface area contributed by atoms with Crippen LogP contribution in [-0.4, -0.2) is 40.6 Å². The molecule has 114 valence electrons. The lowest BCUT2D eigenvalue weighted by atomic mass is 10.1. The van der Waals surface area contributed by atoms with Gasteiger partial charge in [0.15, 0.2) is 0 Å². The first-order chi connectivity index (χ1) is 9.49. The number of nitrogens with one attached hydrogen (secondary N) is 1. The monoisotopic (exact) mass is 280 g/mol. The highest BCUT2D eigenvalue weighted by atomic mass is 16.3. The average Bonchev–Trinajstić information content (AvgIpc) is 2.64. The van der Waals surface area contributed by atoms with E-state index in [0.29, 0.717) is 5.92 Å². The number of aryl methyl sites for hydroxylation is 2. The van der Waals surface area contributed by atoms with Gasteiger partial charge in [-0.1, -0.05) is 13.8 Å². The van der Waals surface area contributed by atoms with E-state index in [-0.39, 0.29) is 6.10 Å². The van der Waals surface area contributed by atoms with Crippen LogP contribution >= 0.6 is 0 Å². The number of nitrogens with zero attached hydrogens (tertiary/aromatic N) is 3. The van der Waals surface area contributed by atoms with Crippen molar-refractivity contribution in [1.29, 1.82) is 0 Å². The van der Waals surface area contributed by atoms with Crippen molar-refractivity contribution in [3.05, 3.63) is 11.3 Å². The van der Waals surface area contributed by atoms with Gasteiger partial charge < -0.3 is 15.3 Å². The first-order valence-electron chi connectivity index (χ1n) is 7.65. The van der Waals surface area contributed by atoms with Crippen LogP contribution < -0.4 is 10.2 Å². The molecule has 2 rings (SSSR count). The minimum atomic E-state index is -0.213. The van der Waals surface area contributed by atoms with Crippen LogP contribution in [-0.2, 0) is 13.6 Å². The van der Waals surface area contributed by atoms with Crippen LogP contribution in [0.1, 0.15) is 37.9 Å². The second-order valence-corrected chi connectivity index (χ2v) is 6.28. The number of piperidine rings is 1. The van der Waals surface area contributed by atoms with Gasteiger partial charge in [0, 0.05) is 32.2 Å². The molecule has 0 radical (unpaired) electrons. The van der Waals surface area contributed by atoms with Gasteiger partial charge in [-0.3, -0.25) is 4.68 Å². The first kappa shape index (κ1) is 15.3. The number of aromatic nitrogens is 2. The first-order valence-corrected chi connectivity index (χ1v) is 7.65. The van der Waals surface area contributed by atoms with Crippen LogP contribution in [0.25, 0.3) is 0 Å². The normalized spacial score (nSPS) is 19.9. The smallest absolute Gasteiger partial charge is 0.131 e. The fourth-order valence-electron chi connectivity index (χ4n) is 2.93. The lowest BCUT2D eigenvalue weighted by Gasteiger charge is -2.32. The Labute approximate surface area is 122 Å². The van der Waals surface area contributed by atoms with Crippen molar-refractivity contribution < 1.29 is 5.11 Å². The quantitative estimate of drug-likeness (QED) is 0.857. The average molecular weight is 280 g/mol. The number of rotatable bonds is 5. The van der Waals surface area contributed by atoms with E-state index in [9.17, 15) is 5.11 Å². The number of hydrogen-bond acceptors (Lipinski definition) is 4. The summed E-state index contributed by atoms with van der Waals surface area (Å²) in [5.41, 5.74) is 2.35. The molecule has 1 aliphatic rings. The highest BCUT2D eigenvalue weighted by Gasteiger charge is 2.24. The van der Waals surface area contributed by atoms with Crippen molar-refractivity contribution in [2.24, 2.45) is 13.0 Å². The van der Waals surface area contributed by atoms with Gasteiger partial charge >= 0.3 is 0 Å². The third-order valence-electron chi connectivity index (χ3n) is 3.86. The SMILES string of the molecule is Cc1nn(C)c(N2CCCC(O)C2)c1CNCC(C)C. The Bertz CT molecular complexity index is 441. The molecule has 1 saturated heterocycles. The minimum Gasteiger partial charge on any atom is -0.391 e. The Morgan fingerprint density at radius 2 is 2.20 bits per heavy atom. The van der Waals surface area contributed by atoms with E-state index >= 15 is 0 Å². The van der Waals surface area contributed by atoms with E-state index in [2.05, 4.69) is 36.1 Å². The highest BCUT2D eigenvalue weighted by molar-refractivity contribution is 5.50. The number of hydrogen-bond donors (Lipinski definition) is 2. The van der Waals surface area contributed by atoms with Gasteiger partial charge in [0.2, 0.25) is 0 Å². The topological polar surface area (TPSA) is 53.3 Å². The largest absolute Gasteiger partial charge is 0.391 e. The van der Waals surface area contributed by atoms with Crippen LogP contribution in [0.3, 0.4) is 0 Å². The van der Waals surface area contributed by atoms with Crippen molar-refractivity contribution >= 4 is 5.82 Å². The summed E-state index contributed by atoms with van der Waals surface area (Å²) in [5.74, 6) is 1.81. The van der Waals surface area contributed by atoms with Crippen molar-refractivity contribution in [3.63, 3.8) is 0 Å². The maximum absolute atomic E-state index is 9.89. The lowest BCUT2D eigenvalue weighted by Crippen LogP contribution is -2.40. The van der Waals surface area contributed by atoms with Crippen molar-refractivity contribution in [2.75, 3.05) is 24.5 Å². The molecule has 2 heterocycles. The molecule has 20 heavy (non-hydrogen) atoms. The summed E-state index contributed by atoms with van der Waals surface area (Å²) in [6.45, 7) is 10.1. The zero-order chi connectivity index (χ0) is 14.7. The zero-order valence-corrected chi connectivity index (χ0v) is 13.2. The maximum Gasteiger partial charge on any atom is 0.131 e. The summed E-state index contributed by atoms with van der Waals surface area (Å²) in [5, 5.41) is 18.0. The van der Waals surface area contributed by atoms with Crippen LogP contribution in [0.15, 0.2) is 0 Å². The summed E-state index contributed by atoms with van der Waals surface area (Å²) < 4.78 is 1.96. The molecule has 1 aromatic rings. The fraction of sp³-hybridized carbons (Fsp3) is 0.800. The molecule has 5 heteroatoms. The van der Waals surface area contributed by atoms with Gasteiger partial charge in [0.25, 0.3) is 0 Å². The van der Waals surface area contributed by atoms with Crippen molar-refractivity contribution in [2.45, 2.75) is 46.3 Å². The third-order valence-corrected chi connectivity index (χ3v) is 3.86. The summed E-state index contributed by atoms with van der Waals surface area (Å²) in [6.07, 6.45) is 1.74. The van der Waals surface area contributed by atoms with E-state index in [4.69, 9.17) is 0 Å². The van der Waals surface area contributed by atoms with Gasteiger partial charge in [0.05, 0.1) is 11.8 Å². The minimum absolute atomic E-state index is 0.213. The number of β-amino-alcohol motifs (C(OH)–C–C–N with tert-alkyl or cyclic N) is 1. The molecule has 0 aromatic carbocycles. The molecule has 0 bridgehead atoms. The molecule has 1 atom stereocenters. The third kappa shape index (κ3) is 3.52. The predicted molar refractivity (Wildman–Crippen MR) is 81.9 cm³/mol. The Morgan fingerprint density at radius 3 is 2.85 bits per heavy atom. The van der Waals surface area contributed by atoms with Crippen LogP contribution in [0.2, 0.25) is 0 Å². The van der Waals surface area contributed by atoms with E-state index in [1.807, 2.05) is 11.7 Å². The molecule has 5 nitrogen and oxygen atoms in total.